The lowest BCUT2D eigenvalue weighted by atomic mass is 10.2. The van der Waals surface area contributed by atoms with Crippen LogP contribution >= 0.6 is 11.3 Å². The summed E-state index contributed by atoms with van der Waals surface area (Å²) in [6.45, 7) is 1.78. The lowest BCUT2D eigenvalue weighted by Gasteiger charge is -2.06. The largest absolute Gasteiger partial charge is 0.451 e. The van der Waals surface area contributed by atoms with E-state index in [1.807, 2.05) is 18.2 Å². The van der Waals surface area contributed by atoms with Gasteiger partial charge in [-0.3, -0.25) is 14.9 Å². The molecule has 0 radical (unpaired) electrons. The van der Waals surface area contributed by atoms with E-state index in [9.17, 15) is 14.4 Å². The number of benzene rings is 1. The van der Waals surface area contributed by atoms with Gasteiger partial charge in [-0.05, 0) is 30.5 Å². The second-order valence-corrected chi connectivity index (χ2v) is 5.86. The molecule has 3 amide bonds. The smallest absolute Gasteiger partial charge is 0.414 e. The molecule has 0 bridgehead atoms. The van der Waals surface area contributed by atoms with E-state index in [2.05, 4.69) is 15.4 Å². The fourth-order valence-electron chi connectivity index (χ4n) is 2.17. The number of fused-ring (bicyclic) bond motifs is 1. The molecule has 128 valence electrons. The summed E-state index contributed by atoms with van der Waals surface area (Å²) in [4.78, 5) is 35.8. The number of rotatable bonds is 4. The normalized spacial score (nSPS) is 10.4. The fourth-order valence-corrected chi connectivity index (χ4v) is 2.95. The molecule has 1 aromatic carbocycles. The van der Waals surface area contributed by atoms with Crippen molar-refractivity contribution < 1.29 is 23.5 Å². The zero-order chi connectivity index (χ0) is 17.8. The number of thiophene rings is 1. The lowest BCUT2D eigenvalue weighted by molar-refractivity contribution is 0.0926. The van der Waals surface area contributed by atoms with Gasteiger partial charge in [-0.25, -0.2) is 4.79 Å². The van der Waals surface area contributed by atoms with E-state index >= 15 is 0 Å². The SMILES string of the molecule is CCOC(=O)NC(=O)c1ccsc1NC(=O)c1cc2ccccc2o1. The molecule has 2 heterocycles. The maximum atomic E-state index is 12.4. The van der Waals surface area contributed by atoms with Gasteiger partial charge in [0.1, 0.15) is 10.6 Å². The van der Waals surface area contributed by atoms with E-state index in [-0.39, 0.29) is 17.9 Å². The summed E-state index contributed by atoms with van der Waals surface area (Å²) < 4.78 is 10.2. The van der Waals surface area contributed by atoms with Gasteiger partial charge in [0.2, 0.25) is 0 Å². The highest BCUT2D eigenvalue weighted by Crippen LogP contribution is 2.25. The first-order chi connectivity index (χ1) is 12.1. The standard InChI is InChI=1S/C17H14N2O5S/c1-2-23-17(22)19-14(20)11-7-8-25-16(11)18-15(21)13-9-10-5-3-4-6-12(10)24-13/h3-9H,2H2,1H3,(H,18,21)(H,19,20,22). The van der Waals surface area contributed by atoms with Crippen molar-refractivity contribution in [3.05, 3.63) is 53.1 Å². The van der Waals surface area contributed by atoms with Gasteiger partial charge in [0.05, 0.1) is 12.2 Å². The Labute approximate surface area is 146 Å². The Morgan fingerprint density at radius 1 is 1.16 bits per heavy atom. The van der Waals surface area contributed by atoms with Crippen molar-refractivity contribution in [1.29, 1.82) is 0 Å². The second kappa shape index (κ2) is 7.18. The van der Waals surface area contributed by atoms with Crippen LogP contribution in [0.2, 0.25) is 0 Å². The first-order valence-corrected chi connectivity index (χ1v) is 8.32. The third-order valence-electron chi connectivity index (χ3n) is 3.28. The number of amides is 3. The molecule has 0 unspecified atom stereocenters. The number of imide groups is 1. The van der Waals surface area contributed by atoms with Gasteiger partial charge in [0.25, 0.3) is 11.8 Å². The third kappa shape index (κ3) is 3.69. The van der Waals surface area contributed by atoms with Gasteiger partial charge in [-0.1, -0.05) is 18.2 Å². The molecule has 0 saturated heterocycles. The molecule has 8 heteroatoms. The van der Waals surface area contributed by atoms with E-state index < -0.39 is 17.9 Å². The van der Waals surface area contributed by atoms with E-state index in [1.165, 1.54) is 6.07 Å². The number of anilines is 1. The van der Waals surface area contributed by atoms with Gasteiger partial charge in [0.15, 0.2) is 5.76 Å². The maximum absolute atomic E-state index is 12.4. The van der Waals surface area contributed by atoms with Crippen LogP contribution in [0, 0.1) is 0 Å². The Bertz CT molecular complexity index is 910. The molecule has 0 saturated carbocycles. The van der Waals surface area contributed by atoms with Gasteiger partial charge in [-0.15, -0.1) is 11.3 Å². The Hall–Kier alpha value is -3.13. The molecule has 7 nitrogen and oxygen atoms in total. The Kier molecular flexibility index (Phi) is 4.80. The molecule has 3 aromatic rings. The van der Waals surface area contributed by atoms with Crippen molar-refractivity contribution in [3.8, 4) is 0 Å². The van der Waals surface area contributed by atoms with E-state index in [0.29, 0.717) is 10.6 Å². The third-order valence-corrected chi connectivity index (χ3v) is 4.11. The molecule has 0 aliphatic carbocycles. The highest BCUT2D eigenvalue weighted by Gasteiger charge is 2.19. The molecule has 0 atom stereocenters. The van der Waals surface area contributed by atoms with Crippen molar-refractivity contribution in [2.75, 3.05) is 11.9 Å². The maximum Gasteiger partial charge on any atom is 0.414 e. The van der Waals surface area contributed by atoms with Gasteiger partial charge in [0, 0.05) is 5.39 Å². The Morgan fingerprint density at radius 2 is 1.96 bits per heavy atom. The fraction of sp³-hybridized carbons (Fsp3) is 0.118. The van der Waals surface area contributed by atoms with Crippen LogP contribution in [0.5, 0.6) is 0 Å². The van der Waals surface area contributed by atoms with Crippen LogP contribution in [-0.4, -0.2) is 24.5 Å². The first-order valence-electron chi connectivity index (χ1n) is 7.44. The summed E-state index contributed by atoms with van der Waals surface area (Å²) in [6, 6.07) is 10.4. The molecule has 2 aromatic heterocycles. The first kappa shape index (κ1) is 16.7. The zero-order valence-electron chi connectivity index (χ0n) is 13.2. The number of nitrogens with one attached hydrogen (secondary N) is 2. The zero-order valence-corrected chi connectivity index (χ0v) is 14.0. The van der Waals surface area contributed by atoms with Crippen LogP contribution in [0.3, 0.4) is 0 Å². The van der Waals surface area contributed by atoms with E-state index in [0.717, 1.165) is 16.7 Å². The van der Waals surface area contributed by atoms with Crippen molar-refractivity contribution in [1.82, 2.24) is 5.32 Å². The van der Waals surface area contributed by atoms with E-state index in [1.54, 1.807) is 24.4 Å². The second-order valence-electron chi connectivity index (χ2n) is 4.94. The highest BCUT2D eigenvalue weighted by atomic mass is 32.1. The quantitative estimate of drug-likeness (QED) is 0.742. The summed E-state index contributed by atoms with van der Waals surface area (Å²) in [5.41, 5.74) is 0.765. The van der Waals surface area contributed by atoms with Crippen molar-refractivity contribution in [2.24, 2.45) is 0 Å². The molecular weight excluding hydrogens is 344 g/mol. The molecule has 0 aliphatic rings. The predicted octanol–water partition coefficient (Wildman–Crippen LogP) is 3.63. The number of carbonyl (C=O) groups is 3. The Morgan fingerprint density at radius 3 is 2.72 bits per heavy atom. The van der Waals surface area contributed by atoms with Gasteiger partial charge >= 0.3 is 6.09 Å². The number of hydrogen-bond acceptors (Lipinski definition) is 6. The van der Waals surface area contributed by atoms with Crippen LogP contribution < -0.4 is 10.6 Å². The van der Waals surface area contributed by atoms with Gasteiger partial charge in [-0.2, -0.15) is 0 Å². The number of ether oxygens (including phenoxy) is 1. The van der Waals surface area contributed by atoms with Crippen LogP contribution in [-0.2, 0) is 4.74 Å². The predicted molar refractivity (Wildman–Crippen MR) is 93.0 cm³/mol. The highest BCUT2D eigenvalue weighted by molar-refractivity contribution is 7.14. The lowest BCUT2D eigenvalue weighted by Crippen LogP contribution is -2.31. The van der Waals surface area contributed by atoms with Crippen molar-refractivity contribution in [2.45, 2.75) is 6.92 Å². The summed E-state index contributed by atoms with van der Waals surface area (Å²) in [5, 5.41) is 7.47. The average Bonchev–Trinajstić information content (AvgIpc) is 3.21. The molecule has 3 rings (SSSR count). The molecule has 25 heavy (non-hydrogen) atoms. The molecule has 0 fully saturated rings. The molecular formula is C17H14N2O5S. The minimum absolute atomic E-state index is 0.131. The van der Waals surface area contributed by atoms with Crippen LogP contribution in [0.25, 0.3) is 11.0 Å². The number of carbonyl (C=O) groups excluding carboxylic acids is 3. The topological polar surface area (TPSA) is 97.6 Å². The van der Waals surface area contributed by atoms with Crippen LogP contribution in [0.1, 0.15) is 27.8 Å². The van der Waals surface area contributed by atoms with Gasteiger partial charge < -0.3 is 14.5 Å². The molecule has 2 N–H and O–H groups in total. The minimum Gasteiger partial charge on any atom is -0.451 e. The van der Waals surface area contributed by atoms with Crippen LogP contribution in [0.15, 0.2) is 46.2 Å². The minimum atomic E-state index is -0.840. The summed E-state index contributed by atoms with van der Waals surface area (Å²) in [7, 11) is 0. The Balaban J connectivity index is 1.75. The average molecular weight is 358 g/mol. The van der Waals surface area contributed by atoms with Crippen molar-refractivity contribution >= 4 is 45.2 Å². The number of para-hydroxylation sites is 1. The molecule has 0 spiro atoms. The summed E-state index contributed by atoms with van der Waals surface area (Å²) in [6.07, 6.45) is -0.840. The molecule has 0 aliphatic heterocycles. The van der Waals surface area contributed by atoms with E-state index in [4.69, 9.17) is 4.42 Å². The number of furan rings is 1. The number of alkyl carbamates (subject to hydrolysis) is 1. The summed E-state index contributed by atoms with van der Waals surface area (Å²) >= 11 is 1.16. The van der Waals surface area contributed by atoms with Crippen LogP contribution in [0.4, 0.5) is 9.80 Å². The monoisotopic (exact) mass is 358 g/mol. The van der Waals surface area contributed by atoms with Crippen molar-refractivity contribution in [3.63, 3.8) is 0 Å². The number of hydrogen-bond donors (Lipinski definition) is 2. The summed E-state index contributed by atoms with van der Waals surface area (Å²) in [5.74, 6) is -1.00.